The number of carbonyl (C=O) groups excluding carboxylic acids is 2. The lowest BCUT2D eigenvalue weighted by atomic mass is 9.94. The van der Waals surface area contributed by atoms with Gasteiger partial charge >= 0.3 is 0 Å². The standard InChI is InChI=1S/C18H18N4O3/c1-12-9-16(23)21-22-18(12)13-4-6-14(7-5-13)20-17(24)11-25-15-3-2-8-19-10-15/h2-8,10,12H,9,11H2,1H3,(H,20,24)(H,21,23). The molecular weight excluding hydrogens is 320 g/mol. The van der Waals surface area contributed by atoms with Crippen molar-refractivity contribution in [2.75, 3.05) is 11.9 Å². The Labute approximate surface area is 145 Å². The van der Waals surface area contributed by atoms with Crippen LogP contribution in [0.25, 0.3) is 0 Å². The maximum atomic E-state index is 11.9. The molecule has 2 N–H and O–H groups in total. The second-order valence-corrected chi connectivity index (χ2v) is 5.74. The van der Waals surface area contributed by atoms with Gasteiger partial charge in [0.25, 0.3) is 5.91 Å². The van der Waals surface area contributed by atoms with E-state index in [1.807, 2.05) is 19.1 Å². The van der Waals surface area contributed by atoms with Crippen molar-refractivity contribution in [2.45, 2.75) is 13.3 Å². The zero-order valence-corrected chi connectivity index (χ0v) is 13.7. The van der Waals surface area contributed by atoms with E-state index in [1.54, 1.807) is 36.7 Å². The number of hydrogen-bond acceptors (Lipinski definition) is 5. The van der Waals surface area contributed by atoms with Gasteiger partial charge < -0.3 is 10.1 Å². The molecule has 1 atom stereocenters. The highest BCUT2D eigenvalue weighted by molar-refractivity contribution is 6.06. The van der Waals surface area contributed by atoms with Gasteiger partial charge in [0.05, 0.1) is 11.9 Å². The summed E-state index contributed by atoms with van der Waals surface area (Å²) in [4.78, 5) is 27.2. The van der Waals surface area contributed by atoms with Gasteiger partial charge in [0.1, 0.15) is 5.75 Å². The van der Waals surface area contributed by atoms with E-state index in [1.165, 1.54) is 0 Å². The molecule has 3 rings (SSSR count). The molecule has 0 aliphatic carbocycles. The minimum absolute atomic E-state index is 0.0575. The molecule has 2 aromatic rings. The zero-order valence-electron chi connectivity index (χ0n) is 13.7. The van der Waals surface area contributed by atoms with Crippen molar-refractivity contribution >= 4 is 23.2 Å². The molecule has 7 nitrogen and oxygen atoms in total. The molecule has 0 spiro atoms. The lowest BCUT2D eigenvalue weighted by Gasteiger charge is -2.19. The Morgan fingerprint density at radius 1 is 1.32 bits per heavy atom. The van der Waals surface area contributed by atoms with Crippen molar-refractivity contribution < 1.29 is 14.3 Å². The predicted molar refractivity (Wildman–Crippen MR) is 93.3 cm³/mol. The molecule has 2 amide bonds. The summed E-state index contributed by atoms with van der Waals surface area (Å²) in [5, 5.41) is 6.89. The molecule has 1 aliphatic rings. The summed E-state index contributed by atoms with van der Waals surface area (Å²) in [7, 11) is 0. The van der Waals surface area contributed by atoms with Gasteiger partial charge in [-0.25, -0.2) is 5.43 Å². The van der Waals surface area contributed by atoms with Crippen molar-refractivity contribution in [3.05, 3.63) is 54.4 Å². The number of nitrogens with one attached hydrogen (secondary N) is 2. The Morgan fingerprint density at radius 2 is 2.12 bits per heavy atom. The number of pyridine rings is 1. The molecular formula is C18H18N4O3. The van der Waals surface area contributed by atoms with Gasteiger partial charge in [-0.1, -0.05) is 19.1 Å². The lowest BCUT2D eigenvalue weighted by molar-refractivity contribution is -0.122. The van der Waals surface area contributed by atoms with Crippen molar-refractivity contribution in [2.24, 2.45) is 11.0 Å². The van der Waals surface area contributed by atoms with Crippen LogP contribution in [0.1, 0.15) is 18.9 Å². The summed E-state index contributed by atoms with van der Waals surface area (Å²) in [6.45, 7) is 1.87. The van der Waals surface area contributed by atoms with Crippen LogP contribution in [-0.2, 0) is 9.59 Å². The second kappa shape index (κ2) is 7.57. The molecule has 0 saturated carbocycles. The van der Waals surface area contributed by atoms with E-state index < -0.39 is 0 Å². The summed E-state index contributed by atoms with van der Waals surface area (Å²) >= 11 is 0. The Hall–Kier alpha value is -3.22. The number of ether oxygens (including phenoxy) is 1. The molecule has 0 saturated heterocycles. The fourth-order valence-electron chi connectivity index (χ4n) is 2.50. The number of rotatable bonds is 5. The van der Waals surface area contributed by atoms with Gasteiger partial charge in [0.15, 0.2) is 6.61 Å². The highest BCUT2D eigenvalue weighted by atomic mass is 16.5. The summed E-state index contributed by atoms with van der Waals surface area (Å²) in [5.41, 5.74) is 4.91. The van der Waals surface area contributed by atoms with Crippen molar-refractivity contribution in [3.8, 4) is 5.75 Å². The molecule has 128 valence electrons. The Kier molecular flexibility index (Phi) is 5.03. The summed E-state index contributed by atoms with van der Waals surface area (Å²) in [6, 6.07) is 10.8. The van der Waals surface area contributed by atoms with Crippen molar-refractivity contribution in [1.82, 2.24) is 10.4 Å². The minimum atomic E-state index is -0.257. The smallest absolute Gasteiger partial charge is 0.262 e. The molecule has 0 fully saturated rings. The van der Waals surface area contributed by atoms with Gasteiger partial charge in [-0.3, -0.25) is 14.6 Å². The Morgan fingerprint density at radius 3 is 2.80 bits per heavy atom. The third-order valence-corrected chi connectivity index (χ3v) is 3.73. The molecule has 0 bridgehead atoms. The molecule has 25 heavy (non-hydrogen) atoms. The first kappa shape index (κ1) is 16.6. The van der Waals surface area contributed by atoms with Gasteiger partial charge in [0, 0.05) is 24.2 Å². The minimum Gasteiger partial charge on any atom is -0.482 e. The normalized spacial score (nSPS) is 16.6. The van der Waals surface area contributed by atoms with Crippen LogP contribution in [0.15, 0.2) is 53.9 Å². The van der Waals surface area contributed by atoms with Crippen molar-refractivity contribution in [1.29, 1.82) is 0 Å². The lowest BCUT2D eigenvalue weighted by Crippen LogP contribution is -2.31. The monoisotopic (exact) mass is 338 g/mol. The van der Waals surface area contributed by atoms with E-state index in [2.05, 4.69) is 20.8 Å². The largest absolute Gasteiger partial charge is 0.482 e. The van der Waals surface area contributed by atoms with E-state index in [0.29, 0.717) is 17.9 Å². The fourth-order valence-corrected chi connectivity index (χ4v) is 2.50. The van der Waals surface area contributed by atoms with Crippen LogP contribution in [0.2, 0.25) is 0 Å². The highest BCUT2D eigenvalue weighted by Crippen LogP contribution is 2.18. The van der Waals surface area contributed by atoms with Crippen LogP contribution in [0, 0.1) is 5.92 Å². The third-order valence-electron chi connectivity index (χ3n) is 3.73. The number of hydrazone groups is 1. The molecule has 0 radical (unpaired) electrons. The van der Waals surface area contributed by atoms with Crippen LogP contribution < -0.4 is 15.5 Å². The van der Waals surface area contributed by atoms with Crippen LogP contribution in [0.5, 0.6) is 5.75 Å². The number of carbonyl (C=O) groups is 2. The highest BCUT2D eigenvalue weighted by Gasteiger charge is 2.21. The summed E-state index contributed by atoms with van der Waals surface area (Å²) < 4.78 is 5.35. The molecule has 2 heterocycles. The summed E-state index contributed by atoms with van der Waals surface area (Å²) in [5.74, 6) is 0.266. The van der Waals surface area contributed by atoms with Gasteiger partial charge in [-0.15, -0.1) is 0 Å². The maximum Gasteiger partial charge on any atom is 0.262 e. The number of hydrogen-bond donors (Lipinski definition) is 2. The first-order valence-electron chi connectivity index (χ1n) is 7.91. The summed E-state index contributed by atoms with van der Waals surface area (Å²) in [6.07, 6.45) is 3.60. The Balaban J connectivity index is 1.57. The SMILES string of the molecule is CC1CC(=O)NN=C1c1ccc(NC(=O)COc2cccnc2)cc1. The van der Waals surface area contributed by atoms with Gasteiger partial charge in [-0.2, -0.15) is 5.10 Å². The fraction of sp³-hybridized carbons (Fsp3) is 0.222. The quantitative estimate of drug-likeness (QED) is 0.871. The van der Waals surface area contributed by atoms with E-state index in [-0.39, 0.29) is 24.3 Å². The Bertz CT molecular complexity index is 788. The van der Waals surface area contributed by atoms with Crippen LogP contribution >= 0.6 is 0 Å². The van der Waals surface area contributed by atoms with Crippen LogP contribution in [0.4, 0.5) is 5.69 Å². The van der Waals surface area contributed by atoms with E-state index in [9.17, 15) is 9.59 Å². The maximum absolute atomic E-state index is 11.9. The predicted octanol–water partition coefficient (Wildman–Crippen LogP) is 1.96. The number of anilines is 1. The van der Waals surface area contributed by atoms with E-state index in [0.717, 1.165) is 11.3 Å². The number of aromatic nitrogens is 1. The molecule has 7 heteroatoms. The zero-order chi connectivity index (χ0) is 17.6. The molecule has 1 aromatic heterocycles. The molecule has 1 unspecified atom stereocenters. The van der Waals surface area contributed by atoms with Gasteiger partial charge in [-0.05, 0) is 29.8 Å². The van der Waals surface area contributed by atoms with Crippen LogP contribution in [-0.4, -0.2) is 29.1 Å². The first-order chi connectivity index (χ1) is 12.1. The topological polar surface area (TPSA) is 92.7 Å². The third kappa shape index (κ3) is 4.41. The average molecular weight is 338 g/mol. The van der Waals surface area contributed by atoms with Gasteiger partial charge in [0.2, 0.25) is 5.91 Å². The average Bonchev–Trinajstić information content (AvgIpc) is 2.62. The number of amides is 2. The first-order valence-corrected chi connectivity index (χ1v) is 7.91. The second-order valence-electron chi connectivity index (χ2n) is 5.74. The molecule has 1 aliphatic heterocycles. The van der Waals surface area contributed by atoms with Crippen LogP contribution in [0.3, 0.4) is 0 Å². The number of nitrogens with zero attached hydrogens (tertiary/aromatic N) is 2. The number of benzene rings is 1. The van der Waals surface area contributed by atoms with Crippen molar-refractivity contribution in [3.63, 3.8) is 0 Å². The van der Waals surface area contributed by atoms with E-state index in [4.69, 9.17) is 4.74 Å². The van der Waals surface area contributed by atoms with E-state index >= 15 is 0 Å². The molecule has 1 aromatic carbocycles.